The molecule has 0 fully saturated rings. The third-order valence-electron chi connectivity index (χ3n) is 2.19. The number of anilines is 1. The van der Waals surface area contributed by atoms with Crippen LogP contribution in [0.25, 0.3) is 5.65 Å². The van der Waals surface area contributed by atoms with Gasteiger partial charge in [-0.2, -0.15) is 0 Å². The highest BCUT2D eigenvalue weighted by molar-refractivity contribution is 9.10. The molecule has 0 saturated heterocycles. The van der Waals surface area contributed by atoms with Crippen molar-refractivity contribution in [3.63, 3.8) is 0 Å². The zero-order valence-electron chi connectivity index (χ0n) is 7.86. The second-order valence-corrected chi connectivity index (χ2v) is 3.91. The van der Waals surface area contributed by atoms with Gasteiger partial charge in [0.2, 0.25) is 0 Å². The molecule has 2 aromatic rings. The summed E-state index contributed by atoms with van der Waals surface area (Å²) in [6.45, 7) is 1.85. The van der Waals surface area contributed by atoms with Gasteiger partial charge in [-0.1, -0.05) is 0 Å². The minimum atomic E-state index is -1.08. The van der Waals surface area contributed by atoms with Crippen LogP contribution >= 0.6 is 15.9 Å². The molecule has 78 valence electrons. The highest BCUT2D eigenvalue weighted by Crippen LogP contribution is 2.24. The third-order valence-corrected chi connectivity index (χ3v) is 2.95. The number of carboxylic acid groups (broad SMARTS) is 1. The van der Waals surface area contributed by atoms with Crippen LogP contribution in [0.2, 0.25) is 0 Å². The van der Waals surface area contributed by atoms with Gasteiger partial charge in [0.05, 0.1) is 5.69 Å². The predicted octanol–water partition coefficient (Wildman–Crippen LogP) is 1.69. The van der Waals surface area contributed by atoms with Gasteiger partial charge in [0.25, 0.3) is 0 Å². The molecule has 0 atom stereocenters. The minimum Gasteiger partial charge on any atom is -0.476 e. The number of aromatic carboxylic acids is 1. The van der Waals surface area contributed by atoms with E-state index in [-0.39, 0.29) is 5.69 Å². The first kappa shape index (κ1) is 9.97. The Morgan fingerprint density at radius 2 is 2.33 bits per heavy atom. The smallest absolute Gasteiger partial charge is 0.357 e. The van der Waals surface area contributed by atoms with E-state index in [1.165, 1.54) is 0 Å². The number of aryl methyl sites for hydroxylation is 1. The number of halogens is 1. The van der Waals surface area contributed by atoms with Crippen molar-refractivity contribution in [3.8, 4) is 0 Å². The van der Waals surface area contributed by atoms with E-state index in [9.17, 15) is 4.79 Å². The van der Waals surface area contributed by atoms with Gasteiger partial charge < -0.3 is 10.8 Å². The number of pyridine rings is 1. The Kier molecular flexibility index (Phi) is 2.15. The van der Waals surface area contributed by atoms with Crippen molar-refractivity contribution in [2.75, 3.05) is 5.73 Å². The van der Waals surface area contributed by atoms with Crippen molar-refractivity contribution in [3.05, 3.63) is 28.1 Å². The van der Waals surface area contributed by atoms with Gasteiger partial charge in [-0.25, -0.2) is 9.78 Å². The Bertz CT molecular complexity index is 562. The Morgan fingerprint density at radius 1 is 1.67 bits per heavy atom. The Morgan fingerprint density at radius 3 is 2.93 bits per heavy atom. The van der Waals surface area contributed by atoms with Crippen LogP contribution in [0.3, 0.4) is 0 Å². The quantitative estimate of drug-likeness (QED) is 0.826. The molecule has 2 rings (SSSR count). The molecular weight excluding hydrogens is 262 g/mol. The van der Waals surface area contributed by atoms with E-state index in [4.69, 9.17) is 10.8 Å². The molecule has 0 saturated carbocycles. The number of fused-ring (bicyclic) bond motifs is 1. The van der Waals surface area contributed by atoms with Crippen LogP contribution in [0.4, 0.5) is 5.69 Å². The molecular formula is C9H8BrN3O2. The number of imidazole rings is 1. The number of aromatic nitrogens is 2. The van der Waals surface area contributed by atoms with Gasteiger partial charge in [0, 0.05) is 6.20 Å². The molecule has 0 aliphatic heterocycles. The molecule has 6 heteroatoms. The van der Waals surface area contributed by atoms with Crippen LogP contribution in [0.15, 0.2) is 16.9 Å². The summed E-state index contributed by atoms with van der Waals surface area (Å²) >= 11 is 3.18. The van der Waals surface area contributed by atoms with Crippen molar-refractivity contribution in [2.45, 2.75) is 6.92 Å². The van der Waals surface area contributed by atoms with E-state index in [2.05, 4.69) is 20.9 Å². The van der Waals surface area contributed by atoms with Crippen molar-refractivity contribution >= 4 is 33.2 Å². The van der Waals surface area contributed by atoms with E-state index in [1.807, 2.05) is 6.92 Å². The van der Waals surface area contributed by atoms with E-state index >= 15 is 0 Å². The topological polar surface area (TPSA) is 80.6 Å². The fourth-order valence-electron chi connectivity index (χ4n) is 1.33. The highest BCUT2D eigenvalue weighted by Gasteiger charge is 2.17. The molecule has 3 N–H and O–H groups in total. The first-order chi connectivity index (χ1) is 7.02. The van der Waals surface area contributed by atoms with Gasteiger partial charge in [-0.3, -0.25) is 4.40 Å². The van der Waals surface area contributed by atoms with Crippen LogP contribution in [-0.2, 0) is 0 Å². The lowest BCUT2D eigenvalue weighted by molar-refractivity contribution is 0.0690. The average Bonchev–Trinajstić information content (AvgIpc) is 2.51. The maximum Gasteiger partial charge on any atom is 0.357 e. The summed E-state index contributed by atoms with van der Waals surface area (Å²) in [5.74, 6) is -1.08. The summed E-state index contributed by atoms with van der Waals surface area (Å²) in [6.07, 6.45) is 1.73. The molecule has 2 aromatic heterocycles. The molecule has 0 radical (unpaired) electrons. The molecule has 5 nitrogen and oxygen atoms in total. The number of rotatable bonds is 1. The average molecular weight is 270 g/mol. The van der Waals surface area contributed by atoms with Crippen molar-refractivity contribution in [2.24, 2.45) is 0 Å². The monoisotopic (exact) mass is 269 g/mol. The van der Waals surface area contributed by atoms with E-state index in [1.54, 1.807) is 16.7 Å². The Balaban J connectivity index is 2.88. The van der Waals surface area contributed by atoms with E-state index in [0.717, 1.165) is 5.56 Å². The number of nitrogen functional groups attached to an aromatic ring is 1. The standard InChI is InChI=1S/C9H8BrN3O2/c1-4-2-3-13-7(10)6(9(14)15)12-8(13)5(4)11/h2-3H,11H2,1H3,(H,14,15). The summed E-state index contributed by atoms with van der Waals surface area (Å²) in [6, 6.07) is 1.81. The highest BCUT2D eigenvalue weighted by atomic mass is 79.9. The zero-order valence-corrected chi connectivity index (χ0v) is 9.45. The molecule has 0 unspecified atom stereocenters. The molecule has 0 aromatic carbocycles. The Hall–Kier alpha value is -1.56. The van der Waals surface area contributed by atoms with Crippen molar-refractivity contribution < 1.29 is 9.90 Å². The normalized spacial score (nSPS) is 10.8. The van der Waals surface area contributed by atoms with Gasteiger partial charge >= 0.3 is 5.97 Å². The molecule has 2 heterocycles. The largest absolute Gasteiger partial charge is 0.476 e. The van der Waals surface area contributed by atoms with E-state index in [0.29, 0.717) is 15.9 Å². The maximum absolute atomic E-state index is 10.8. The number of nitrogens with two attached hydrogens (primary N) is 1. The zero-order chi connectivity index (χ0) is 11.2. The van der Waals surface area contributed by atoms with Crippen molar-refractivity contribution in [1.82, 2.24) is 9.38 Å². The third kappa shape index (κ3) is 1.37. The van der Waals surface area contributed by atoms with Crippen LogP contribution in [0.1, 0.15) is 16.1 Å². The van der Waals surface area contributed by atoms with Crippen LogP contribution in [-0.4, -0.2) is 20.5 Å². The molecule has 0 bridgehead atoms. The summed E-state index contributed by atoms with van der Waals surface area (Å²) in [5, 5.41) is 8.88. The van der Waals surface area contributed by atoms with E-state index < -0.39 is 5.97 Å². The minimum absolute atomic E-state index is 0.0349. The number of hydrogen-bond donors (Lipinski definition) is 2. The number of hydrogen-bond acceptors (Lipinski definition) is 3. The van der Waals surface area contributed by atoms with Gasteiger partial charge in [0.1, 0.15) is 4.60 Å². The molecule has 0 spiro atoms. The summed E-state index contributed by atoms with van der Waals surface area (Å²) in [5.41, 5.74) is 7.59. The predicted molar refractivity (Wildman–Crippen MR) is 59.0 cm³/mol. The number of carbonyl (C=O) groups is 1. The molecule has 0 aliphatic carbocycles. The summed E-state index contributed by atoms with van der Waals surface area (Å²) in [7, 11) is 0. The maximum atomic E-state index is 10.8. The van der Waals surface area contributed by atoms with Crippen LogP contribution in [0.5, 0.6) is 0 Å². The first-order valence-electron chi connectivity index (χ1n) is 4.18. The second-order valence-electron chi connectivity index (χ2n) is 3.16. The van der Waals surface area contributed by atoms with Gasteiger partial charge in [-0.15, -0.1) is 0 Å². The second kappa shape index (κ2) is 3.23. The summed E-state index contributed by atoms with van der Waals surface area (Å²) < 4.78 is 2.00. The molecule has 0 amide bonds. The SMILES string of the molecule is Cc1ccn2c(Br)c(C(=O)O)nc2c1N. The van der Waals surface area contributed by atoms with Gasteiger partial charge in [0.15, 0.2) is 11.3 Å². The van der Waals surface area contributed by atoms with Crippen molar-refractivity contribution in [1.29, 1.82) is 0 Å². The lowest BCUT2D eigenvalue weighted by atomic mass is 10.2. The van der Waals surface area contributed by atoms with Crippen LogP contribution in [0, 0.1) is 6.92 Å². The fraction of sp³-hybridized carbons (Fsp3) is 0.111. The lowest BCUT2D eigenvalue weighted by Crippen LogP contribution is -1.97. The van der Waals surface area contributed by atoms with Gasteiger partial charge in [-0.05, 0) is 34.5 Å². The molecule has 0 aliphatic rings. The molecule has 15 heavy (non-hydrogen) atoms. The summed E-state index contributed by atoms with van der Waals surface area (Å²) in [4.78, 5) is 14.8. The van der Waals surface area contributed by atoms with Crippen LogP contribution < -0.4 is 5.73 Å². The number of nitrogens with zero attached hydrogens (tertiary/aromatic N) is 2. The Labute approximate surface area is 93.7 Å². The first-order valence-corrected chi connectivity index (χ1v) is 4.97. The lowest BCUT2D eigenvalue weighted by Gasteiger charge is -2.01. The number of carboxylic acids is 1. The fourth-order valence-corrected chi connectivity index (χ4v) is 1.87.